The normalized spacial score (nSPS) is 12.5. The Hall–Kier alpha value is -3.65. The van der Waals surface area contributed by atoms with Crippen molar-refractivity contribution in [2.75, 3.05) is 0 Å². The Bertz CT molecular complexity index is 1770. The molecule has 0 saturated carbocycles. The average molecular weight is 371 g/mol. The van der Waals surface area contributed by atoms with Crippen molar-refractivity contribution in [1.82, 2.24) is 4.40 Å². The van der Waals surface area contributed by atoms with Gasteiger partial charge in [0.15, 0.2) is 6.20 Å². The summed E-state index contributed by atoms with van der Waals surface area (Å²) in [6.07, 6.45) is 2.21. The smallest absolute Gasteiger partial charge is 0.238 e. The molecule has 0 bridgehead atoms. The molecule has 0 aliphatic heterocycles. The molecule has 29 heavy (non-hydrogen) atoms. The number of aromatic nitrogens is 2. The van der Waals surface area contributed by atoms with Crippen LogP contribution in [0.5, 0.6) is 0 Å². The molecule has 0 unspecified atom stereocenters. The van der Waals surface area contributed by atoms with Gasteiger partial charge in [0.1, 0.15) is 12.6 Å². The van der Waals surface area contributed by atoms with Crippen molar-refractivity contribution in [3.05, 3.63) is 84.6 Å². The molecule has 0 N–H and O–H groups in total. The zero-order valence-corrected chi connectivity index (χ0v) is 16.4. The van der Waals surface area contributed by atoms with Crippen LogP contribution in [0.25, 0.3) is 59.8 Å². The number of fused-ring (bicyclic) bond motifs is 7. The van der Waals surface area contributed by atoms with Crippen molar-refractivity contribution in [3.63, 3.8) is 0 Å². The van der Waals surface area contributed by atoms with Gasteiger partial charge < -0.3 is 4.40 Å². The van der Waals surface area contributed by atoms with Crippen LogP contribution in [0.2, 0.25) is 0 Å². The Kier molecular flexibility index (Phi) is 2.66. The molecule has 0 fully saturated rings. The summed E-state index contributed by atoms with van der Waals surface area (Å²) in [5.41, 5.74) is 6.55. The summed E-state index contributed by atoms with van der Waals surface area (Å²) in [6.45, 7) is 2.23. The zero-order chi connectivity index (χ0) is 19.3. The Morgan fingerprint density at radius 1 is 0.655 bits per heavy atom. The lowest BCUT2D eigenvalue weighted by molar-refractivity contribution is -0.644. The number of nitrogens with zero attached hydrogens (tertiary/aromatic N) is 2. The molecule has 3 heterocycles. The molecule has 0 aliphatic carbocycles. The van der Waals surface area contributed by atoms with Gasteiger partial charge in [-0.2, -0.15) is 4.57 Å². The quantitative estimate of drug-likeness (QED) is 0.169. The second kappa shape index (κ2) is 5.03. The molecule has 7 rings (SSSR count). The molecular weight excluding hydrogens is 352 g/mol. The largest absolute Gasteiger partial charge is 0.302 e. The third-order valence-electron chi connectivity index (χ3n) is 6.64. The first-order valence-corrected chi connectivity index (χ1v) is 10.1. The molecule has 0 aliphatic rings. The van der Waals surface area contributed by atoms with Crippen LogP contribution in [-0.2, 0) is 7.05 Å². The molecule has 0 atom stereocenters. The lowest BCUT2D eigenvalue weighted by Gasteiger charge is -2.13. The minimum Gasteiger partial charge on any atom is -0.302 e. The fraction of sp³-hybridized carbons (Fsp3) is 0.0741. The summed E-state index contributed by atoms with van der Waals surface area (Å²) < 4.78 is 4.80. The minimum atomic E-state index is 1.28. The highest BCUT2D eigenvalue weighted by Gasteiger charge is 2.24. The molecule has 0 saturated heterocycles. The fourth-order valence-electron chi connectivity index (χ4n) is 5.39. The van der Waals surface area contributed by atoms with Crippen LogP contribution in [0.1, 0.15) is 5.56 Å². The Morgan fingerprint density at radius 3 is 2.38 bits per heavy atom. The molecule has 0 radical (unpaired) electrons. The predicted molar refractivity (Wildman–Crippen MR) is 122 cm³/mol. The number of hydrogen-bond acceptors (Lipinski definition) is 0. The van der Waals surface area contributed by atoms with E-state index in [0.717, 1.165) is 0 Å². The second-order valence-corrected chi connectivity index (χ2v) is 8.19. The van der Waals surface area contributed by atoms with Crippen LogP contribution < -0.4 is 4.57 Å². The van der Waals surface area contributed by atoms with E-state index in [1.807, 2.05) is 0 Å². The Morgan fingerprint density at radius 2 is 1.45 bits per heavy atom. The van der Waals surface area contributed by atoms with Crippen molar-refractivity contribution in [1.29, 1.82) is 0 Å². The number of benzene rings is 4. The minimum absolute atomic E-state index is 1.28. The van der Waals surface area contributed by atoms with E-state index in [-0.39, 0.29) is 0 Å². The summed E-state index contributed by atoms with van der Waals surface area (Å²) in [5.74, 6) is 0. The summed E-state index contributed by atoms with van der Waals surface area (Å²) >= 11 is 0. The first-order valence-electron chi connectivity index (χ1n) is 10.1. The van der Waals surface area contributed by atoms with Crippen LogP contribution in [0.15, 0.2) is 79.0 Å². The van der Waals surface area contributed by atoms with Gasteiger partial charge in [-0.1, -0.05) is 60.7 Å². The summed E-state index contributed by atoms with van der Waals surface area (Å²) in [5, 5.41) is 9.26. The van der Waals surface area contributed by atoms with Crippen molar-refractivity contribution in [2.24, 2.45) is 7.05 Å². The second-order valence-electron chi connectivity index (χ2n) is 8.19. The third-order valence-corrected chi connectivity index (χ3v) is 6.64. The maximum atomic E-state index is 2.51. The summed E-state index contributed by atoms with van der Waals surface area (Å²) in [7, 11) is 2.17. The maximum absolute atomic E-state index is 2.51. The van der Waals surface area contributed by atoms with Gasteiger partial charge in [-0.05, 0) is 29.3 Å². The van der Waals surface area contributed by atoms with Gasteiger partial charge in [0, 0.05) is 27.6 Å². The molecule has 0 spiro atoms. The van der Waals surface area contributed by atoms with Gasteiger partial charge in [-0.15, -0.1) is 0 Å². The molecule has 136 valence electrons. The van der Waals surface area contributed by atoms with Crippen LogP contribution in [-0.4, -0.2) is 4.40 Å². The van der Waals surface area contributed by atoms with E-state index in [4.69, 9.17) is 0 Å². The average Bonchev–Trinajstić information content (AvgIpc) is 3.09. The molecule has 2 heteroatoms. The maximum Gasteiger partial charge on any atom is 0.238 e. The van der Waals surface area contributed by atoms with E-state index in [1.165, 1.54) is 65.3 Å². The zero-order valence-electron chi connectivity index (χ0n) is 16.4. The molecule has 4 aromatic carbocycles. The van der Waals surface area contributed by atoms with Gasteiger partial charge in [0.25, 0.3) is 0 Å². The van der Waals surface area contributed by atoms with Crippen LogP contribution in [0, 0.1) is 6.92 Å². The van der Waals surface area contributed by atoms with Crippen molar-refractivity contribution in [3.8, 4) is 0 Å². The lowest BCUT2D eigenvalue weighted by atomic mass is 9.98. The predicted octanol–water partition coefficient (Wildman–Crippen LogP) is 6.28. The van der Waals surface area contributed by atoms with Crippen LogP contribution >= 0.6 is 0 Å². The van der Waals surface area contributed by atoms with Gasteiger partial charge in [0.05, 0.1) is 16.4 Å². The first kappa shape index (κ1) is 15.3. The van der Waals surface area contributed by atoms with Gasteiger partial charge in [-0.25, -0.2) is 0 Å². The van der Waals surface area contributed by atoms with E-state index >= 15 is 0 Å². The highest BCUT2D eigenvalue weighted by molar-refractivity contribution is 6.28. The molecule has 0 amide bonds. The lowest BCUT2D eigenvalue weighted by Crippen LogP contribution is -2.28. The Balaban J connectivity index is 2.00. The van der Waals surface area contributed by atoms with E-state index in [0.29, 0.717) is 0 Å². The fourth-order valence-corrected chi connectivity index (χ4v) is 5.39. The molecule has 3 aromatic heterocycles. The van der Waals surface area contributed by atoms with Crippen molar-refractivity contribution in [2.45, 2.75) is 6.92 Å². The monoisotopic (exact) mass is 371 g/mol. The van der Waals surface area contributed by atoms with E-state index < -0.39 is 0 Å². The number of pyridine rings is 2. The third kappa shape index (κ3) is 1.71. The summed E-state index contributed by atoms with van der Waals surface area (Å²) in [6, 6.07) is 26.8. The molecule has 7 aromatic rings. The SMILES string of the molecule is Cc1ccc2cccc3c2c1c1c2c(cc[n+]1C)c1ccc4ccccc4c1n32. The van der Waals surface area contributed by atoms with E-state index in [2.05, 4.69) is 102 Å². The highest BCUT2D eigenvalue weighted by atomic mass is 15.0. The molecule has 2 nitrogen and oxygen atoms in total. The van der Waals surface area contributed by atoms with E-state index in [9.17, 15) is 0 Å². The van der Waals surface area contributed by atoms with Gasteiger partial charge in [0.2, 0.25) is 5.52 Å². The Labute approximate surface area is 167 Å². The number of hydrogen-bond donors (Lipinski definition) is 0. The van der Waals surface area contributed by atoms with E-state index in [1.54, 1.807) is 0 Å². The van der Waals surface area contributed by atoms with Crippen molar-refractivity contribution < 1.29 is 4.57 Å². The van der Waals surface area contributed by atoms with Crippen molar-refractivity contribution >= 4 is 59.8 Å². The molecular formula is C27H19N2+. The first-order chi connectivity index (χ1) is 14.2. The highest BCUT2D eigenvalue weighted by Crippen LogP contribution is 2.41. The van der Waals surface area contributed by atoms with Crippen LogP contribution in [0.4, 0.5) is 0 Å². The topological polar surface area (TPSA) is 8.29 Å². The van der Waals surface area contributed by atoms with Gasteiger partial charge >= 0.3 is 0 Å². The van der Waals surface area contributed by atoms with Gasteiger partial charge in [-0.3, -0.25) is 0 Å². The van der Waals surface area contributed by atoms with Crippen LogP contribution in [0.3, 0.4) is 0 Å². The number of rotatable bonds is 0. The number of aryl methyl sites for hydroxylation is 2. The standard InChI is InChI=1S/C27H19N2/c1-16-10-11-18-7-5-9-22-24(18)23(16)27-26-21(14-15-28(27)2)20-13-12-17-6-3-4-8-19(17)25(20)29(22)26/h3-15H,1-2H3/q+1. The summed E-state index contributed by atoms with van der Waals surface area (Å²) in [4.78, 5) is 0.